The van der Waals surface area contributed by atoms with Crippen LogP contribution in [-0.2, 0) is 6.42 Å². The molecule has 1 aromatic heterocycles. The fourth-order valence-electron chi connectivity index (χ4n) is 2.40. The van der Waals surface area contributed by atoms with Gasteiger partial charge in [0.15, 0.2) is 5.82 Å². The molecule has 0 radical (unpaired) electrons. The van der Waals surface area contributed by atoms with E-state index in [0.717, 1.165) is 17.7 Å². The standard InChI is InChI=1S/C18H17Cl2N5O/c1-26-15-8-3-2-5-12(15)9-10-21-18-24-16(11-22-25-18)23-14-7-4-6-13(19)17(14)20/h2-8,11H,9-10H2,1H3,(H2,21,23,24,25). The maximum Gasteiger partial charge on any atom is 0.244 e. The molecule has 0 unspecified atom stereocenters. The summed E-state index contributed by atoms with van der Waals surface area (Å²) in [6, 6.07) is 13.2. The monoisotopic (exact) mass is 389 g/mol. The average molecular weight is 390 g/mol. The zero-order valence-electron chi connectivity index (χ0n) is 14.0. The van der Waals surface area contributed by atoms with Crippen molar-refractivity contribution in [1.82, 2.24) is 15.2 Å². The second-order valence-corrected chi connectivity index (χ2v) is 6.17. The van der Waals surface area contributed by atoms with Crippen LogP contribution in [0.2, 0.25) is 10.0 Å². The molecule has 0 fully saturated rings. The Bertz CT molecular complexity index is 891. The molecule has 0 aliphatic rings. The predicted octanol–water partition coefficient (Wildman–Crippen LogP) is 4.59. The lowest BCUT2D eigenvalue weighted by molar-refractivity contribution is 0.410. The summed E-state index contributed by atoms with van der Waals surface area (Å²) in [5.41, 5.74) is 1.76. The van der Waals surface area contributed by atoms with Gasteiger partial charge in [0.2, 0.25) is 5.95 Å². The molecule has 8 heteroatoms. The molecule has 0 atom stereocenters. The van der Waals surface area contributed by atoms with Gasteiger partial charge >= 0.3 is 0 Å². The summed E-state index contributed by atoms with van der Waals surface area (Å²) in [5.74, 6) is 1.80. The average Bonchev–Trinajstić information content (AvgIpc) is 2.66. The van der Waals surface area contributed by atoms with E-state index in [2.05, 4.69) is 25.8 Å². The molecule has 0 spiro atoms. The van der Waals surface area contributed by atoms with Crippen molar-refractivity contribution in [2.45, 2.75) is 6.42 Å². The molecule has 1 heterocycles. The maximum atomic E-state index is 6.18. The highest BCUT2D eigenvalue weighted by Crippen LogP contribution is 2.31. The van der Waals surface area contributed by atoms with Crippen LogP contribution in [0.25, 0.3) is 0 Å². The molecule has 0 saturated heterocycles. The fraction of sp³-hybridized carbons (Fsp3) is 0.167. The van der Waals surface area contributed by atoms with Crippen molar-refractivity contribution in [2.24, 2.45) is 0 Å². The Morgan fingerprint density at radius 1 is 1.08 bits per heavy atom. The van der Waals surface area contributed by atoms with E-state index in [9.17, 15) is 0 Å². The van der Waals surface area contributed by atoms with Crippen molar-refractivity contribution < 1.29 is 4.74 Å². The third-order valence-electron chi connectivity index (χ3n) is 3.64. The summed E-state index contributed by atoms with van der Waals surface area (Å²) in [4.78, 5) is 4.38. The van der Waals surface area contributed by atoms with Gasteiger partial charge in [-0.3, -0.25) is 0 Å². The Labute approximate surface area is 161 Å². The molecule has 0 saturated carbocycles. The van der Waals surface area contributed by atoms with Crippen LogP contribution in [0.4, 0.5) is 17.5 Å². The van der Waals surface area contributed by atoms with E-state index in [0.29, 0.717) is 34.0 Å². The van der Waals surface area contributed by atoms with Gasteiger partial charge in [0.25, 0.3) is 0 Å². The molecule has 26 heavy (non-hydrogen) atoms. The Hall–Kier alpha value is -2.57. The Morgan fingerprint density at radius 2 is 1.92 bits per heavy atom. The number of methoxy groups -OCH3 is 1. The first-order valence-corrected chi connectivity index (χ1v) is 8.69. The zero-order valence-corrected chi connectivity index (χ0v) is 15.6. The van der Waals surface area contributed by atoms with Crippen LogP contribution in [0, 0.1) is 0 Å². The van der Waals surface area contributed by atoms with Gasteiger partial charge in [-0.1, -0.05) is 47.5 Å². The lowest BCUT2D eigenvalue weighted by Gasteiger charge is -2.10. The van der Waals surface area contributed by atoms with Gasteiger partial charge in [-0.25, -0.2) is 0 Å². The zero-order chi connectivity index (χ0) is 18.4. The Morgan fingerprint density at radius 3 is 2.77 bits per heavy atom. The summed E-state index contributed by atoms with van der Waals surface area (Å²) < 4.78 is 5.35. The minimum atomic E-state index is 0.419. The van der Waals surface area contributed by atoms with Gasteiger partial charge < -0.3 is 15.4 Å². The largest absolute Gasteiger partial charge is 0.496 e. The summed E-state index contributed by atoms with van der Waals surface area (Å²) in [6.45, 7) is 0.642. The fourth-order valence-corrected chi connectivity index (χ4v) is 2.74. The molecular weight excluding hydrogens is 373 g/mol. The van der Waals surface area contributed by atoms with Crippen LogP contribution in [0.5, 0.6) is 5.75 Å². The lowest BCUT2D eigenvalue weighted by atomic mass is 10.1. The summed E-state index contributed by atoms with van der Waals surface area (Å²) in [6.07, 6.45) is 2.29. The van der Waals surface area contributed by atoms with Crippen molar-refractivity contribution >= 4 is 40.7 Å². The first-order valence-electron chi connectivity index (χ1n) is 7.94. The highest BCUT2D eigenvalue weighted by Gasteiger charge is 2.07. The van der Waals surface area contributed by atoms with Crippen LogP contribution in [0.3, 0.4) is 0 Å². The van der Waals surface area contributed by atoms with E-state index in [4.69, 9.17) is 27.9 Å². The number of nitrogens with one attached hydrogen (secondary N) is 2. The number of ether oxygens (including phenoxy) is 1. The molecule has 2 aromatic carbocycles. The van der Waals surface area contributed by atoms with Crippen molar-refractivity contribution in [2.75, 3.05) is 24.3 Å². The van der Waals surface area contributed by atoms with Gasteiger partial charge in [0.1, 0.15) is 5.75 Å². The number of hydrogen-bond donors (Lipinski definition) is 2. The van der Waals surface area contributed by atoms with E-state index >= 15 is 0 Å². The van der Waals surface area contributed by atoms with Gasteiger partial charge in [0, 0.05) is 6.54 Å². The van der Waals surface area contributed by atoms with Gasteiger partial charge in [0.05, 0.1) is 29.0 Å². The van der Waals surface area contributed by atoms with Crippen LogP contribution >= 0.6 is 23.2 Å². The van der Waals surface area contributed by atoms with Crippen LogP contribution in [0.15, 0.2) is 48.7 Å². The molecular formula is C18H17Cl2N5O. The Kier molecular flexibility index (Phi) is 6.09. The third kappa shape index (κ3) is 4.53. The number of nitrogens with zero attached hydrogens (tertiary/aromatic N) is 3. The highest BCUT2D eigenvalue weighted by atomic mass is 35.5. The van der Waals surface area contributed by atoms with Gasteiger partial charge in [-0.15, -0.1) is 5.10 Å². The minimum absolute atomic E-state index is 0.419. The molecule has 6 nitrogen and oxygen atoms in total. The quantitative estimate of drug-likeness (QED) is 0.615. The molecule has 0 aliphatic carbocycles. The maximum absolute atomic E-state index is 6.18. The number of anilines is 3. The third-order valence-corrected chi connectivity index (χ3v) is 4.46. The number of benzene rings is 2. The topological polar surface area (TPSA) is 72.0 Å². The summed E-state index contributed by atoms with van der Waals surface area (Å²) in [7, 11) is 1.66. The summed E-state index contributed by atoms with van der Waals surface area (Å²) >= 11 is 12.2. The van der Waals surface area contributed by atoms with Crippen molar-refractivity contribution in [3.05, 3.63) is 64.3 Å². The molecule has 2 N–H and O–H groups in total. The molecule has 134 valence electrons. The molecule has 3 aromatic rings. The SMILES string of the molecule is COc1ccccc1CCNc1nncc(Nc2cccc(Cl)c2Cl)n1. The molecule has 0 aliphatic heterocycles. The predicted molar refractivity (Wildman–Crippen MR) is 105 cm³/mol. The van der Waals surface area contributed by atoms with Gasteiger partial charge in [-0.05, 0) is 30.2 Å². The number of aromatic nitrogens is 3. The number of rotatable bonds is 7. The van der Waals surface area contributed by atoms with E-state index in [-0.39, 0.29) is 0 Å². The first kappa shape index (κ1) is 18.2. The smallest absolute Gasteiger partial charge is 0.244 e. The minimum Gasteiger partial charge on any atom is -0.496 e. The first-order chi connectivity index (χ1) is 12.7. The van der Waals surface area contributed by atoms with E-state index in [1.165, 1.54) is 6.20 Å². The number of para-hydroxylation sites is 1. The lowest BCUT2D eigenvalue weighted by Crippen LogP contribution is -2.10. The molecule has 0 amide bonds. The Balaban J connectivity index is 1.63. The van der Waals surface area contributed by atoms with Crippen molar-refractivity contribution in [1.29, 1.82) is 0 Å². The molecule has 0 bridgehead atoms. The van der Waals surface area contributed by atoms with E-state index in [1.54, 1.807) is 19.2 Å². The number of halogens is 2. The van der Waals surface area contributed by atoms with Crippen molar-refractivity contribution in [3.8, 4) is 5.75 Å². The second-order valence-electron chi connectivity index (χ2n) is 5.38. The van der Waals surface area contributed by atoms with Crippen LogP contribution < -0.4 is 15.4 Å². The van der Waals surface area contributed by atoms with Crippen molar-refractivity contribution in [3.63, 3.8) is 0 Å². The number of hydrogen-bond acceptors (Lipinski definition) is 6. The van der Waals surface area contributed by atoms with Crippen LogP contribution in [0.1, 0.15) is 5.56 Å². The molecule has 3 rings (SSSR count). The van der Waals surface area contributed by atoms with E-state index in [1.807, 2.05) is 30.3 Å². The van der Waals surface area contributed by atoms with E-state index < -0.39 is 0 Å². The second kappa shape index (κ2) is 8.69. The van der Waals surface area contributed by atoms with Gasteiger partial charge in [-0.2, -0.15) is 10.1 Å². The van der Waals surface area contributed by atoms with Crippen LogP contribution in [-0.4, -0.2) is 28.8 Å². The highest BCUT2D eigenvalue weighted by molar-refractivity contribution is 6.43. The summed E-state index contributed by atoms with van der Waals surface area (Å²) in [5, 5.41) is 15.1. The normalized spacial score (nSPS) is 10.4.